The normalized spacial score (nSPS) is 29.1. The van der Waals surface area contributed by atoms with Gasteiger partial charge in [0.2, 0.25) is 11.9 Å². The van der Waals surface area contributed by atoms with E-state index in [9.17, 15) is 29.3 Å². The van der Waals surface area contributed by atoms with Crippen molar-refractivity contribution >= 4 is 30.9 Å². The number of nitrogens with two attached hydrogens (primary N) is 2. The largest absolute Gasteiger partial charge is 0.472 e. The summed E-state index contributed by atoms with van der Waals surface area (Å²) >= 11 is 0. The van der Waals surface area contributed by atoms with Gasteiger partial charge in [0, 0.05) is 12.8 Å². The third-order valence-electron chi connectivity index (χ3n) is 6.05. The number of aliphatic hydroxyl groups excluding tert-OH is 2. The summed E-state index contributed by atoms with van der Waals surface area (Å²) in [5, 5.41) is 20.1. The summed E-state index contributed by atoms with van der Waals surface area (Å²) < 4.78 is 36.6. The molecule has 0 bridgehead atoms. The number of hydrogen-bond donors (Lipinski definition) is 6. The van der Waals surface area contributed by atoms with Gasteiger partial charge in [0.15, 0.2) is 11.2 Å². The number of anilines is 2. The molecule has 5 heterocycles. The van der Waals surface area contributed by atoms with Gasteiger partial charge in [-0.25, -0.2) is 19.3 Å². The molecular weight excluding hydrogens is 533 g/mol. The van der Waals surface area contributed by atoms with Crippen molar-refractivity contribution in [3.8, 4) is 0 Å². The van der Waals surface area contributed by atoms with E-state index in [2.05, 4.69) is 24.9 Å². The van der Waals surface area contributed by atoms with Crippen LogP contribution in [0.1, 0.15) is 25.3 Å². The number of aromatic amines is 1. The maximum absolute atomic E-state index is 12.7. The second-order valence-corrected chi connectivity index (χ2v) is 9.97. The number of nitrogens with one attached hydrogen (secondary N) is 1. The molecule has 0 saturated carbocycles. The molecule has 1 unspecified atom stereocenters. The van der Waals surface area contributed by atoms with Crippen LogP contribution >= 0.6 is 7.82 Å². The summed E-state index contributed by atoms with van der Waals surface area (Å²) in [4.78, 5) is 51.9. The monoisotopic (exact) mass is 557 g/mol. The highest BCUT2D eigenvalue weighted by Crippen LogP contribution is 2.49. The van der Waals surface area contributed by atoms with E-state index in [4.69, 9.17) is 30.0 Å². The highest BCUT2D eigenvalue weighted by Gasteiger charge is 2.43. The Kier molecular flexibility index (Phi) is 7.01. The lowest BCUT2D eigenvalue weighted by molar-refractivity contribution is -0.0565. The highest BCUT2D eigenvalue weighted by molar-refractivity contribution is 7.47. The van der Waals surface area contributed by atoms with E-state index in [1.54, 1.807) is 0 Å². The van der Waals surface area contributed by atoms with Crippen LogP contribution in [0.5, 0.6) is 0 Å². The molecule has 7 atom stereocenters. The lowest BCUT2D eigenvalue weighted by Gasteiger charge is -2.21. The van der Waals surface area contributed by atoms with E-state index >= 15 is 0 Å². The number of nitrogens with zero attached hydrogens (tertiary/aromatic N) is 6. The number of aromatic nitrogens is 7. The molecular formula is C18H24N9O10P. The minimum atomic E-state index is -4.76. The van der Waals surface area contributed by atoms with Crippen LogP contribution in [0.2, 0.25) is 0 Å². The molecule has 20 heteroatoms. The van der Waals surface area contributed by atoms with Gasteiger partial charge in [0.1, 0.15) is 37.1 Å². The summed E-state index contributed by atoms with van der Waals surface area (Å²) in [6, 6.07) is 0. The van der Waals surface area contributed by atoms with Gasteiger partial charge < -0.3 is 36.0 Å². The molecule has 0 aromatic carbocycles. The van der Waals surface area contributed by atoms with Gasteiger partial charge in [-0.2, -0.15) is 9.97 Å². The smallest absolute Gasteiger partial charge is 0.394 e. The fourth-order valence-electron chi connectivity index (χ4n) is 4.26. The molecule has 2 aliphatic rings. The Morgan fingerprint density at radius 2 is 1.82 bits per heavy atom. The quantitative estimate of drug-likeness (QED) is 0.154. The van der Waals surface area contributed by atoms with Crippen molar-refractivity contribution in [1.29, 1.82) is 0 Å². The second-order valence-electron chi connectivity index (χ2n) is 8.57. The molecule has 0 radical (unpaired) electrons. The SMILES string of the molecule is Nc1ncn([C@H]2C[C@H](OP(=O)(O)OC[C@H]3O[C@H](n4cnc5c(=O)[nH]c(N)nc54)C[C@@H]3O)[C@@H](CO)O2)c(=O)n1. The first kappa shape index (κ1) is 26.3. The van der Waals surface area contributed by atoms with Crippen molar-refractivity contribution < 1.29 is 38.2 Å². The number of H-pyrrole nitrogens is 1. The van der Waals surface area contributed by atoms with E-state index < -0.39 is 69.2 Å². The van der Waals surface area contributed by atoms with Crippen LogP contribution in [0.3, 0.4) is 0 Å². The van der Waals surface area contributed by atoms with Gasteiger partial charge >= 0.3 is 13.5 Å². The van der Waals surface area contributed by atoms with E-state index in [-0.39, 0.29) is 35.9 Å². The molecule has 8 N–H and O–H groups in total. The van der Waals surface area contributed by atoms with Crippen molar-refractivity contribution in [3.05, 3.63) is 33.5 Å². The maximum Gasteiger partial charge on any atom is 0.472 e. The minimum absolute atomic E-state index is 0.0218. The third kappa shape index (κ3) is 5.18. The number of hydrogen-bond acceptors (Lipinski definition) is 15. The van der Waals surface area contributed by atoms with Crippen LogP contribution in [-0.4, -0.2) is 86.8 Å². The first-order valence-corrected chi connectivity index (χ1v) is 12.7. The first-order valence-electron chi connectivity index (χ1n) is 11.2. The lowest BCUT2D eigenvalue weighted by Crippen LogP contribution is -2.29. The Morgan fingerprint density at radius 3 is 2.55 bits per heavy atom. The molecule has 206 valence electrons. The molecule has 2 aliphatic heterocycles. The fourth-order valence-corrected chi connectivity index (χ4v) is 5.22. The molecule has 38 heavy (non-hydrogen) atoms. The zero-order valence-electron chi connectivity index (χ0n) is 19.4. The van der Waals surface area contributed by atoms with Crippen molar-refractivity contribution in [2.75, 3.05) is 24.7 Å². The zero-order valence-corrected chi connectivity index (χ0v) is 20.3. The predicted octanol–water partition coefficient (Wildman–Crippen LogP) is -2.63. The number of fused-ring (bicyclic) bond motifs is 1. The van der Waals surface area contributed by atoms with Crippen LogP contribution < -0.4 is 22.7 Å². The van der Waals surface area contributed by atoms with Crippen molar-refractivity contribution in [2.24, 2.45) is 0 Å². The minimum Gasteiger partial charge on any atom is -0.394 e. The van der Waals surface area contributed by atoms with Crippen LogP contribution in [0.25, 0.3) is 11.2 Å². The number of phosphoric acid groups is 1. The molecule has 19 nitrogen and oxygen atoms in total. The zero-order chi connectivity index (χ0) is 27.2. The first-order chi connectivity index (χ1) is 18.0. The lowest BCUT2D eigenvalue weighted by atomic mass is 10.2. The standard InChI is InChI=1S/C18H24N9O10P/c19-16-22-6-27(18(31)25-16)12-2-8(9(3-28)35-12)37-38(32,33)34-4-10-7(29)1-11(36-10)26-5-21-13-14(26)23-17(20)24-15(13)30/h5-12,28-29H,1-4H2,(H,32,33)(H2,19,25,31)(H3,20,23,24,30)/t7-,8-,9+,10+,11-,12+/m0/s1. The van der Waals surface area contributed by atoms with Crippen molar-refractivity contribution in [3.63, 3.8) is 0 Å². The molecule has 3 aromatic heterocycles. The van der Waals surface area contributed by atoms with Crippen LogP contribution in [0.15, 0.2) is 22.2 Å². The highest BCUT2D eigenvalue weighted by atomic mass is 31.2. The molecule has 3 aromatic rings. The van der Waals surface area contributed by atoms with Gasteiger partial charge in [-0.1, -0.05) is 0 Å². The van der Waals surface area contributed by atoms with E-state index in [1.807, 2.05) is 0 Å². The summed E-state index contributed by atoms with van der Waals surface area (Å²) in [5.41, 5.74) is 9.82. The van der Waals surface area contributed by atoms with Gasteiger partial charge in [0.25, 0.3) is 5.56 Å². The predicted molar refractivity (Wildman–Crippen MR) is 124 cm³/mol. The van der Waals surface area contributed by atoms with Gasteiger partial charge in [-0.15, -0.1) is 0 Å². The Morgan fingerprint density at radius 1 is 1.11 bits per heavy atom. The van der Waals surface area contributed by atoms with E-state index in [0.717, 1.165) is 10.9 Å². The Balaban J connectivity index is 1.22. The third-order valence-corrected chi connectivity index (χ3v) is 7.06. The number of nitrogen functional groups attached to an aromatic ring is 2. The van der Waals surface area contributed by atoms with E-state index in [1.165, 1.54) is 10.9 Å². The number of imidazole rings is 1. The van der Waals surface area contributed by atoms with Crippen molar-refractivity contribution in [1.82, 2.24) is 34.1 Å². The molecule has 5 rings (SSSR count). The average molecular weight is 557 g/mol. The molecule has 2 fully saturated rings. The Hall–Kier alpha value is -3.29. The number of phosphoric ester groups is 1. The van der Waals surface area contributed by atoms with Crippen LogP contribution in [0, 0.1) is 0 Å². The summed E-state index contributed by atoms with van der Waals surface area (Å²) in [6.07, 6.45) is -3.86. The van der Waals surface area contributed by atoms with Gasteiger partial charge in [0.05, 0.1) is 25.6 Å². The van der Waals surface area contributed by atoms with Crippen LogP contribution in [0.4, 0.5) is 11.9 Å². The van der Waals surface area contributed by atoms with Crippen LogP contribution in [-0.2, 0) is 23.1 Å². The Labute approximate surface area is 211 Å². The molecule has 0 amide bonds. The number of ether oxygens (including phenoxy) is 2. The summed E-state index contributed by atoms with van der Waals surface area (Å²) in [5.74, 6) is -0.369. The molecule has 0 spiro atoms. The molecule has 0 aliphatic carbocycles. The number of aliphatic hydroxyl groups is 2. The number of rotatable bonds is 8. The van der Waals surface area contributed by atoms with Crippen molar-refractivity contribution in [2.45, 2.75) is 49.7 Å². The average Bonchev–Trinajstić information content (AvgIpc) is 3.54. The molecule has 2 saturated heterocycles. The maximum atomic E-state index is 12.7. The Bertz CT molecular complexity index is 1490. The summed E-state index contributed by atoms with van der Waals surface area (Å²) in [7, 11) is -4.76. The van der Waals surface area contributed by atoms with E-state index in [0.29, 0.717) is 0 Å². The van der Waals surface area contributed by atoms with Gasteiger partial charge in [-0.3, -0.25) is 28.0 Å². The second kappa shape index (κ2) is 10.1. The van der Waals surface area contributed by atoms with Gasteiger partial charge in [-0.05, 0) is 0 Å². The topological polar surface area (TPSA) is 278 Å². The summed E-state index contributed by atoms with van der Waals surface area (Å²) in [6.45, 7) is -1.13. The fraction of sp³-hybridized carbons (Fsp3) is 0.556.